The third-order valence-corrected chi connectivity index (χ3v) is 3.96. The predicted octanol–water partition coefficient (Wildman–Crippen LogP) is 3.04. The number of rotatable bonds is 4. The quantitative estimate of drug-likeness (QED) is 0.925. The Morgan fingerprint density at radius 3 is 2.72 bits per heavy atom. The maximum atomic E-state index is 5.45. The van der Waals surface area contributed by atoms with Gasteiger partial charge in [-0.25, -0.2) is 0 Å². The summed E-state index contributed by atoms with van der Waals surface area (Å²) >= 11 is 3.53. The smallest absolute Gasteiger partial charge is 0.142 e. The van der Waals surface area contributed by atoms with Crippen molar-refractivity contribution >= 4 is 21.6 Å². The molecular weight excluding hydrogens is 292 g/mol. The highest BCUT2D eigenvalue weighted by atomic mass is 79.9. The minimum atomic E-state index is 0.671. The van der Waals surface area contributed by atoms with Crippen LogP contribution in [0.4, 0.5) is 5.69 Å². The van der Waals surface area contributed by atoms with Crippen molar-refractivity contribution < 1.29 is 4.74 Å². The molecule has 1 aromatic carbocycles. The molecule has 100 valence electrons. The molecule has 0 aromatic heterocycles. The van der Waals surface area contributed by atoms with Crippen LogP contribution in [0.2, 0.25) is 0 Å². The summed E-state index contributed by atoms with van der Waals surface area (Å²) in [5.41, 5.74) is 1.20. The van der Waals surface area contributed by atoms with E-state index in [0.29, 0.717) is 6.04 Å². The Bertz CT molecular complexity index is 389. The first-order valence-corrected chi connectivity index (χ1v) is 7.35. The summed E-state index contributed by atoms with van der Waals surface area (Å²) in [6.45, 7) is 5.41. The Morgan fingerprint density at radius 1 is 1.39 bits per heavy atom. The van der Waals surface area contributed by atoms with Gasteiger partial charge in [-0.15, -0.1) is 0 Å². The van der Waals surface area contributed by atoms with Crippen molar-refractivity contribution in [2.75, 3.05) is 31.6 Å². The molecule has 1 aliphatic heterocycles. The van der Waals surface area contributed by atoms with Gasteiger partial charge in [-0.1, -0.05) is 22.9 Å². The average molecular weight is 313 g/mol. The van der Waals surface area contributed by atoms with Crippen molar-refractivity contribution in [1.29, 1.82) is 0 Å². The zero-order valence-corrected chi connectivity index (χ0v) is 12.7. The third-order valence-electron chi connectivity index (χ3n) is 3.47. The molecule has 3 nitrogen and oxygen atoms in total. The second-order valence-electron chi connectivity index (χ2n) is 4.64. The molecule has 1 aliphatic rings. The zero-order valence-electron chi connectivity index (χ0n) is 11.1. The molecule has 0 bridgehead atoms. The average Bonchev–Trinajstić information content (AvgIpc) is 2.40. The zero-order chi connectivity index (χ0) is 13.0. The molecular formula is C14H21BrN2O. The molecule has 2 rings (SSSR count). The minimum absolute atomic E-state index is 0.671. The largest absolute Gasteiger partial charge is 0.495 e. The van der Waals surface area contributed by atoms with E-state index < -0.39 is 0 Å². The molecule has 0 atom stereocenters. The first-order valence-electron chi connectivity index (χ1n) is 6.56. The lowest BCUT2D eigenvalue weighted by atomic mass is 10.0. The van der Waals surface area contributed by atoms with E-state index in [4.69, 9.17) is 4.74 Å². The standard InChI is InChI=1S/C14H21BrN2O/c1-3-16-12-6-8-17(9-7-12)13-10-11(15)4-5-14(13)18-2/h4-5,10,12,16H,3,6-9H2,1-2H3. The van der Waals surface area contributed by atoms with Gasteiger partial charge >= 0.3 is 0 Å². The Balaban J connectivity index is 2.06. The van der Waals surface area contributed by atoms with Gasteiger partial charge in [-0.3, -0.25) is 0 Å². The summed E-state index contributed by atoms with van der Waals surface area (Å²) in [6, 6.07) is 6.86. The molecule has 0 spiro atoms. The van der Waals surface area contributed by atoms with Gasteiger partial charge in [0, 0.05) is 23.6 Å². The number of halogens is 1. The fourth-order valence-corrected chi connectivity index (χ4v) is 2.87. The van der Waals surface area contributed by atoms with Gasteiger partial charge in [0.15, 0.2) is 0 Å². The van der Waals surface area contributed by atoms with E-state index in [1.54, 1.807) is 7.11 Å². The number of ether oxygens (including phenoxy) is 1. The van der Waals surface area contributed by atoms with E-state index in [-0.39, 0.29) is 0 Å². The summed E-state index contributed by atoms with van der Waals surface area (Å²) in [7, 11) is 1.73. The highest BCUT2D eigenvalue weighted by Crippen LogP contribution is 2.33. The van der Waals surface area contributed by atoms with Crippen molar-refractivity contribution in [3.63, 3.8) is 0 Å². The SMILES string of the molecule is CCNC1CCN(c2cc(Br)ccc2OC)CC1. The van der Waals surface area contributed by atoms with Crippen LogP contribution in [0.25, 0.3) is 0 Å². The Hall–Kier alpha value is -0.740. The second-order valence-corrected chi connectivity index (χ2v) is 5.55. The molecule has 1 fully saturated rings. The highest BCUT2D eigenvalue weighted by molar-refractivity contribution is 9.10. The molecule has 1 N–H and O–H groups in total. The molecule has 1 heterocycles. The fourth-order valence-electron chi connectivity index (χ4n) is 2.52. The van der Waals surface area contributed by atoms with E-state index in [0.717, 1.165) is 29.9 Å². The lowest BCUT2D eigenvalue weighted by molar-refractivity contribution is 0.401. The van der Waals surface area contributed by atoms with Crippen molar-refractivity contribution in [3.8, 4) is 5.75 Å². The second kappa shape index (κ2) is 6.43. The normalized spacial score (nSPS) is 16.9. The van der Waals surface area contributed by atoms with E-state index in [1.165, 1.54) is 18.5 Å². The summed E-state index contributed by atoms with van der Waals surface area (Å²) < 4.78 is 6.55. The van der Waals surface area contributed by atoms with Gasteiger partial charge in [0.05, 0.1) is 12.8 Å². The Morgan fingerprint density at radius 2 is 2.11 bits per heavy atom. The number of benzene rings is 1. The molecule has 0 amide bonds. The molecule has 1 saturated heterocycles. The maximum Gasteiger partial charge on any atom is 0.142 e. The van der Waals surface area contributed by atoms with E-state index in [9.17, 15) is 0 Å². The van der Waals surface area contributed by atoms with E-state index >= 15 is 0 Å². The Labute approximate surface area is 118 Å². The van der Waals surface area contributed by atoms with Crippen molar-refractivity contribution in [3.05, 3.63) is 22.7 Å². The number of anilines is 1. The van der Waals surface area contributed by atoms with E-state index in [1.807, 2.05) is 12.1 Å². The Kier molecular flexibility index (Phi) is 4.89. The lowest BCUT2D eigenvalue weighted by Crippen LogP contribution is -2.42. The summed E-state index contributed by atoms with van der Waals surface area (Å²) in [4.78, 5) is 2.41. The molecule has 18 heavy (non-hydrogen) atoms. The van der Waals surface area contributed by atoms with Crippen LogP contribution >= 0.6 is 15.9 Å². The van der Waals surface area contributed by atoms with Gasteiger partial charge in [0.1, 0.15) is 5.75 Å². The van der Waals surface area contributed by atoms with Crippen LogP contribution in [0, 0.1) is 0 Å². The molecule has 0 unspecified atom stereocenters. The van der Waals surface area contributed by atoms with Gasteiger partial charge in [0.2, 0.25) is 0 Å². The van der Waals surface area contributed by atoms with Crippen LogP contribution in [-0.4, -0.2) is 32.8 Å². The topological polar surface area (TPSA) is 24.5 Å². The number of nitrogens with zero attached hydrogens (tertiary/aromatic N) is 1. The van der Waals surface area contributed by atoms with Crippen LogP contribution in [0.1, 0.15) is 19.8 Å². The summed E-state index contributed by atoms with van der Waals surface area (Å²) in [5.74, 6) is 0.958. The molecule has 4 heteroatoms. The van der Waals surface area contributed by atoms with Crippen molar-refractivity contribution in [2.24, 2.45) is 0 Å². The number of nitrogens with one attached hydrogen (secondary N) is 1. The predicted molar refractivity (Wildman–Crippen MR) is 79.6 cm³/mol. The van der Waals surface area contributed by atoms with Gasteiger partial charge in [-0.05, 0) is 37.6 Å². The van der Waals surface area contributed by atoms with Gasteiger partial charge in [0.25, 0.3) is 0 Å². The molecule has 0 radical (unpaired) electrons. The van der Waals surface area contributed by atoms with Crippen LogP contribution in [0.3, 0.4) is 0 Å². The minimum Gasteiger partial charge on any atom is -0.495 e. The first kappa shape index (κ1) is 13.7. The summed E-state index contributed by atoms with van der Waals surface area (Å²) in [5, 5.41) is 3.53. The summed E-state index contributed by atoms with van der Waals surface area (Å²) in [6.07, 6.45) is 2.40. The molecule has 0 aliphatic carbocycles. The lowest BCUT2D eigenvalue weighted by Gasteiger charge is -2.34. The molecule has 0 saturated carbocycles. The monoisotopic (exact) mass is 312 g/mol. The third kappa shape index (κ3) is 3.18. The van der Waals surface area contributed by atoms with Crippen molar-refractivity contribution in [2.45, 2.75) is 25.8 Å². The molecule has 1 aromatic rings. The van der Waals surface area contributed by atoms with Crippen LogP contribution in [-0.2, 0) is 0 Å². The number of hydrogen-bond acceptors (Lipinski definition) is 3. The number of piperidine rings is 1. The van der Waals surface area contributed by atoms with Crippen molar-refractivity contribution in [1.82, 2.24) is 5.32 Å². The number of hydrogen-bond donors (Lipinski definition) is 1. The van der Waals surface area contributed by atoms with E-state index in [2.05, 4.69) is 39.1 Å². The van der Waals surface area contributed by atoms with Gasteiger partial charge in [-0.2, -0.15) is 0 Å². The fraction of sp³-hybridized carbons (Fsp3) is 0.571. The van der Waals surface area contributed by atoms with Gasteiger partial charge < -0.3 is 15.0 Å². The maximum absolute atomic E-state index is 5.45. The first-order chi connectivity index (χ1) is 8.74. The van der Waals surface area contributed by atoms with Crippen LogP contribution < -0.4 is 15.0 Å². The van der Waals surface area contributed by atoms with Crippen LogP contribution in [0.15, 0.2) is 22.7 Å². The highest BCUT2D eigenvalue weighted by Gasteiger charge is 2.20. The number of methoxy groups -OCH3 is 1. The van der Waals surface area contributed by atoms with Crippen LogP contribution in [0.5, 0.6) is 5.75 Å².